The zero-order valence-corrected chi connectivity index (χ0v) is 8.53. The van der Waals surface area contributed by atoms with E-state index in [2.05, 4.69) is 17.9 Å². The Labute approximate surface area is 74.2 Å². The van der Waals surface area contributed by atoms with Gasteiger partial charge in [0.25, 0.3) is 0 Å². The number of nitrogens with one attached hydrogen (secondary N) is 1. The molecule has 0 aromatic rings. The monoisotopic (exact) mass is 175 g/mol. The Kier molecular flexibility index (Phi) is 4.11. The van der Waals surface area contributed by atoms with Gasteiger partial charge in [0.05, 0.1) is 6.04 Å². The van der Waals surface area contributed by atoms with Crippen LogP contribution in [0.2, 0.25) is 0 Å². The molecule has 0 saturated heterocycles. The number of hydrogen-bond acceptors (Lipinski definition) is 3. The molecule has 0 spiro atoms. The fourth-order valence-corrected chi connectivity index (χ4v) is 1.39. The molecule has 0 bridgehead atoms. The highest BCUT2D eigenvalue weighted by atomic mass is 32.1. The molecule has 2 nitrogen and oxygen atoms in total. The summed E-state index contributed by atoms with van der Waals surface area (Å²) in [6.45, 7) is 5.74. The van der Waals surface area contributed by atoms with Crippen LogP contribution in [-0.4, -0.2) is 23.6 Å². The summed E-state index contributed by atoms with van der Waals surface area (Å²) in [5, 5.41) is 2.97. The Hall–Kier alpha value is -0.0200. The van der Waals surface area contributed by atoms with E-state index in [9.17, 15) is 4.79 Å². The maximum atomic E-state index is 11.3. The predicted octanol–water partition coefficient (Wildman–Crippen LogP) is 1.26. The second-order valence-electron chi connectivity index (χ2n) is 3.20. The molecule has 66 valence electrons. The van der Waals surface area contributed by atoms with E-state index in [0.29, 0.717) is 6.42 Å². The van der Waals surface area contributed by atoms with Crippen molar-refractivity contribution < 1.29 is 4.79 Å². The zero-order chi connectivity index (χ0) is 9.07. The second kappa shape index (κ2) is 4.12. The van der Waals surface area contributed by atoms with Crippen molar-refractivity contribution in [2.24, 2.45) is 0 Å². The normalized spacial score (nSPS) is 14.6. The fourth-order valence-electron chi connectivity index (χ4n) is 1.11. The summed E-state index contributed by atoms with van der Waals surface area (Å²) in [4.78, 5) is 11.3. The smallest absolute Gasteiger partial charge is 0.150 e. The third-order valence-electron chi connectivity index (χ3n) is 1.67. The Balaban J connectivity index is 4.29. The summed E-state index contributed by atoms with van der Waals surface area (Å²) in [5.41, 5.74) is 0. The summed E-state index contributed by atoms with van der Waals surface area (Å²) >= 11 is 4.34. The van der Waals surface area contributed by atoms with Crippen molar-refractivity contribution in [2.45, 2.75) is 38.0 Å². The number of likely N-dealkylation sites (N-methyl/N-ethyl adjacent to an activating group) is 1. The Morgan fingerprint density at radius 2 is 2.09 bits per heavy atom. The molecule has 0 aromatic carbocycles. The standard InChI is InChI=1S/C8H17NOS/c1-5-6(10)7(9-4)8(2,3)11/h7,9,11H,5H2,1-4H3/t7-/m1/s1. The second-order valence-corrected chi connectivity index (χ2v) is 4.35. The molecule has 0 aliphatic rings. The Morgan fingerprint density at radius 3 is 2.18 bits per heavy atom. The van der Waals surface area contributed by atoms with Crippen LogP contribution in [0.4, 0.5) is 0 Å². The van der Waals surface area contributed by atoms with Gasteiger partial charge in [0, 0.05) is 11.2 Å². The maximum absolute atomic E-state index is 11.3. The van der Waals surface area contributed by atoms with Gasteiger partial charge in [0.2, 0.25) is 0 Å². The molecule has 0 fully saturated rings. The number of carbonyl (C=O) groups excluding carboxylic acids is 1. The third kappa shape index (κ3) is 3.25. The van der Waals surface area contributed by atoms with Gasteiger partial charge in [0.1, 0.15) is 0 Å². The first kappa shape index (κ1) is 11.0. The Morgan fingerprint density at radius 1 is 1.64 bits per heavy atom. The third-order valence-corrected chi connectivity index (χ3v) is 1.92. The van der Waals surface area contributed by atoms with E-state index >= 15 is 0 Å². The number of carbonyl (C=O) groups is 1. The largest absolute Gasteiger partial charge is 0.309 e. The van der Waals surface area contributed by atoms with Crippen LogP contribution in [0.5, 0.6) is 0 Å². The van der Waals surface area contributed by atoms with Gasteiger partial charge in [-0.05, 0) is 20.9 Å². The van der Waals surface area contributed by atoms with Crippen LogP contribution < -0.4 is 5.32 Å². The molecule has 0 aliphatic heterocycles. The van der Waals surface area contributed by atoms with E-state index in [-0.39, 0.29) is 16.6 Å². The summed E-state index contributed by atoms with van der Waals surface area (Å²) in [7, 11) is 1.79. The topological polar surface area (TPSA) is 29.1 Å². The molecular weight excluding hydrogens is 158 g/mol. The van der Waals surface area contributed by atoms with Crippen LogP contribution in [0, 0.1) is 0 Å². The van der Waals surface area contributed by atoms with Crippen molar-refractivity contribution >= 4 is 18.4 Å². The summed E-state index contributed by atoms with van der Waals surface area (Å²) in [5.74, 6) is 0.215. The summed E-state index contributed by atoms with van der Waals surface area (Å²) in [6.07, 6.45) is 0.565. The average molecular weight is 175 g/mol. The van der Waals surface area contributed by atoms with Crippen molar-refractivity contribution in [3.8, 4) is 0 Å². The lowest BCUT2D eigenvalue weighted by atomic mass is 9.98. The molecule has 1 N–H and O–H groups in total. The molecule has 1 atom stereocenters. The van der Waals surface area contributed by atoms with Crippen LogP contribution in [-0.2, 0) is 4.79 Å². The van der Waals surface area contributed by atoms with E-state index in [1.807, 2.05) is 20.8 Å². The van der Waals surface area contributed by atoms with Crippen molar-refractivity contribution in [2.75, 3.05) is 7.05 Å². The average Bonchev–Trinajstić information content (AvgIpc) is 1.86. The van der Waals surface area contributed by atoms with Gasteiger partial charge in [-0.15, -0.1) is 0 Å². The van der Waals surface area contributed by atoms with Crippen LogP contribution >= 0.6 is 12.6 Å². The summed E-state index contributed by atoms with van der Waals surface area (Å²) in [6, 6.07) is -0.143. The highest BCUT2D eigenvalue weighted by Gasteiger charge is 2.28. The molecule has 0 radical (unpaired) electrons. The van der Waals surface area contributed by atoms with Crippen LogP contribution in [0.25, 0.3) is 0 Å². The lowest BCUT2D eigenvalue weighted by Gasteiger charge is -2.27. The maximum Gasteiger partial charge on any atom is 0.150 e. The van der Waals surface area contributed by atoms with Gasteiger partial charge in [-0.25, -0.2) is 0 Å². The van der Waals surface area contributed by atoms with Gasteiger partial charge < -0.3 is 5.32 Å². The number of hydrogen-bond donors (Lipinski definition) is 2. The summed E-state index contributed by atoms with van der Waals surface area (Å²) < 4.78 is -0.276. The van der Waals surface area contributed by atoms with Crippen molar-refractivity contribution in [3.63, 3.8) is 0 Å². The van der Waals surface area contributed by atoms with Crippen molar-refractivity contribution in [3.05, 3.63) is 0 Å². The molecule has 0 saturated carbocycles. The first-order valence-corrected chi connectivity index (χ1v) is 4.30. The minimum atomic E-state index is -0.276. The van der Waals surface area contributed by atoms with Gasteiger partial charge >= 0.3 is 0 Å². The number of rotatable bonds is 4. The van der Waals surface area contributed by atoms with Crippen LogP contribution in [0.15, 0.2) is 0 Å². The van der Waals surface area contributed by atoms with Gasteiger partial charge in [-0.2, -0.15) is 12.6 Å². The number of thiol groups is 1. The van der Waals surface area contributed by atoms with Gasteiger partial charge in [-0.1, -0.05) is 6.92 Å². The number of ketones is 1. The van der Waals surface area contributed by atoms with E-state index in [1.54, 1.807) is 7.05 Å². The predicted molar refractivity (Wildman–Crippen MR) is 51.2 cm³/mol. The highest BCUT2D eigenvalue weighted by molar-refractivity contribution is 7.81. The van der Waals surface area contributed by atoms with Crippen molar-refractivity contribution in [1.29, 1.82) is 0 Å². The zero-order valence-electron chi connectivity index (χ0n) is 7.64. The molecule has 0 aliphatic carbocycles. The molecule has 0 amide bonds. The molecule has 0 rings (SSSR count). The lowest BCUT2D eigenvalue weighted by molar-refractivity contribution is -0.121. The van der Waals surface area contributed by atoms with Crippen molar-refractivity contribution in [1.82, 2.24) is 5.32 Å². The minimum absolute atomic E-state index is 0.143. The lowest BCUT2D eigenvalue weighted by Crippen LogP contribution is -2.47. The van der Waals surface area contributed by atoms with E-state index in [1.165, 1.54) is 0 Å². The molecule has 3 heteroatoms. The molecule has 0 heterocycles. The van der Waals surface area contributed by atoms with Gasteiger partial charge in [-0.3, -0.25) is 4.79 Å². The van der Waals surface area contributed by atoms with E-state index < -0.39 is 0 Å². The first-order chi connectivity index (χ1) is 4.93. The number of Topliss-reactive ketones (excluding diaryl/α,β-unsaturated/α-hetero) is 1. The van der Waals surface area contributed by atoms with E-state index in [0.717, 1.165) is 0 Å². The van der Waals surface area contributed by atoms with Crippen LogP contribution in [0.1, 0.15) is 27.2 Å². The van der Waals surface area contributed by atoms with Crippen LogP contribution in [0.3, 0.4) is 0 Å². The quantitative estimate of drug-likeness (QED) is 0.630. The first-order valence-electron chi connectivity index (χ1n) is 3.85. The molecule has 11 heavy (non-hydrogen) atoms. The SMILES string of the molecule is CCC(=O)[C@@H](NC)C(C)(C)S. The molecule has 0 unspecified atom stereocenters. The van der Waals surface area contributed by atoms with E-state index in [4.69, 9.17) is 0 Å². The molecular formula is C8H17NOS. The Bertz CT molecular complexity index is 140. The molecule has 0 aromatic heterocycles. The highest BCUT2D eigenvalue weighted by Crippen LogP contribution is 2.18. The fraction of sp³-hybridized carbons (Fsp3) is 0.875. The minimum Gasteiger partial charge on any atom is -0.309 e. The van der Waals surface area contributed by atoms with Gasteiger partial charge in [0.15, 0.2) is 5.78 Å².